The van der Waals surface area contributed by atoms with Crippen LogP contribution in [0.2, 0.25) is 0 Å². The molecule has 28 nitrogen and oxygen atoms in total. The average Bonchev–Trinajstić information content (AvgIpc) is 1.65. The fourth-order valence-electron chi connectivity index (χ4n) is 13.5. The second kappa shape index (κ2) is 39.3. The monoisotopic (exact) mass is 1510 g/mol. The van der Waals surface area contributed by atoms with Crippen molar-refractivity contribution in [3.63, 3.8) is 0 Å². The van der Waals surface area contributed by atoms with Gasteiger partial charge in [0.25, 0.3) is 0 Å². The largest absolute Gasteiger partial charge is 0.361 e. The number of aromatic amines is 4. The molecule has 2 saturated heterocycles. The first kappa shape index (κ1) is 80.0. The van der Waals surface area contributed by atoms with Gasteiger partial charge in [-0.15, -0.1) is 0 Å². The summed E-state index contributed by atoms with van der Waals surface area (Å²) in [7, 11) is 2.12. The summed E-state index contributed by atoms with van der Waals surface area (Å²) in [6.45, 7) is 3.12. The Kier molecular flexibility index (Phi) is 29.1. The number of hydrogen-bond acceptors (Lipinski definition) is 18. The van der Waals surface area contributed by atoms with E-state index in [0.717, 1.165) is 32.5 Å². The number of aromatic nitrogens is 6. The molecule has 2 bridgehead atoms. The number of nitrogens with one attached hydrogen (secondary N) is 12. The van der Waals surface area contributed by atoms with E-state index in [4.69, 9.17) is 11.5 Å². The highest BCUT2D eigenvalue weighted by Gasteiger charge is 2.39. The Balaban J connectivity index is 1.07. The van der Waals surface area contributed by atoms with Crippen LogP contribution in [0.1, 0.15) is 98.9 Å². The first-order chi connectivity index (χ1) is 52.2. The van der Waals surface area contributed by atoms with Crippen LogP contribution in [-0.2, 0) is 96.1 Å². The van der Waals surface area contributed by atoms with Crippen molar-refractivity contribution < 1.29 is 57.5 Å². The van der Waals surface area contributed by atoms with Crippen LogP contribution in [0, 0.1) is 23.7 Å². The average molecular weight is 1510 g/mol. The molecule has 0 spiro atoms. The number of para-hydroxylation sites is 2. The summed E-state index contributed by atoms with van der Waals surface area (Å²) in [6, 6.07) is 21.0. The van der Waals surface area contributed by atoms with Crippen molar-refractivity contribution in [3.8, 4) is 0 Å². The normalized spacial score (nSPS) is 24.5. The molecule has 108 heavy (non-hydrogen) atoms. The topological polar surface area (TPSA) is 442 Å². The molecule has 16 N–H and O–H groups in total. The third-order valence-corrected chi connectivity index (χ3v) is 22.2. The number of carbonyl (C=O) groups is 12. The number of amides is 8. The molecule has 570 valence electrons. The zero-order valence-corrected chi connectivity index (χ0v) is 61.9. The predicted molar refractivity (Wildman–Crippen MR) is 410 cm³/mol. The lowest BCUT2D eigenvalue weighted by Gasteiger charge is -2.28. The lowest BCUT2D eigenvalue weighted by Crippen LogP contribution is -2.61. The number of fused-ring (bicyclic) bond motifs is 7. The van der Waals surface area contributed by atoms with Gasteiger partial charge in [0.1, 0.15) is 59.6 Å². The van der Waals surface area contributed by atoms with Crippen LogP contribution in [0.3, 0.4) is 0 Å². The van der Waals surface area contributed by atoms with Crippen LogP contribution in [0.4, 0.5) is 0 Å². The smallest absolute Gasteiger partial charge is 0.244 e. The number of Topliss-reactive ketones (excluding diaryl/α,β-unsaturated/α-hetero) is 4. The summed E-state index contributed by atoms with van der Waals surface area (Å²) >= 11 is 0. The highest BCUT2D eigenvalue weighted by Crippen LogP contribution is 2.32. The summed E-state index contributed by atoms with van der Waals surface area (Å²) in [5, 5.41) is 24.1. The summed E-state index contributed by atoms with van der Waals surface area (Å²) in [5.41, 5.74) is 16.9. The van der Waals surface area contributed by atoms with Gasteiger partial charge in [-0.2, -0.15) is 0 Å². The second-order valence-corrected chi connectivity index (χ2v) is 30.4. The number of nitrogens with two attached hydrogens (primary N) is 2. The van der Waals surface area contributed by atoms with Crippen molar-refractivity contribution in [2.75, 3.05) is 24.6 Å². The standard InChI is InChI=1S/C78H94N16O12S2/c1-45-27-68(96)53-35-69(97)49(30-51-37-83-58-21-11-9-19-56(51)58)33-70(98)60(23-13-25-79)88-74(102)63(29-48-17-7-4-8-18-48)92-77(105)65(36-55-40-82-44-86-55)90-71(99)46(2)87-78(106)66(42-108-107-41-53)94-76(104)64(32-52-38-84-59-22-12-10-20-57(52)59)93-73(101)61(24-14-26-80)89-75(103)62(28-47-15-5-3-6-16-47)91-72(100)50(34-67(45)95)31-54-39-81-43-85-54/h3-12,15-22,37-40,43-46,49-50,53,60-66,83-84H,13-14,23-36,41-42,79-80H2,1-2H3,(H,81,85)(H,82,86)(H,87,106)(H,88,102)(H,89,103)(H,90,99)(H,91,100)(H,92,105)(H,93,101)(H,94,104)/t45-,46+,49-,50-,53+,60+,61+,62-,63-,64+,65+,66+/m1/s1. The quantitative estimate of drug-likeness (QED) is 0.0541. The molecule has 2 aliphatic rings. The van der Waals surface area contributed by atoms with E-state index in [2.05, 4.69) is 72.4 Å². The summed E-state index contributed by atoms with van der Waals surface area (Å²) in [6.07, 6.45) is 7.40. The SMILES string of the molecule is C[C@@H]1CC(=O)[C@@H]2CSSC[C@H](NC(=O)[C@H](Cc3c[nH]c4ccccc34)NC(=O)[C@H](CCCN)NC(=O)[C@@H](Cc3ccccc3)NC(=O)[C@H](Cc3c[nH]cn3)CC1=O)C(=O)N[C@@H](C)C(=O)N[C@@H](Cc1c[nH]cn1)C(=O)N[C@H](Cc1ccccc1)C(=O)N[C@@H](CCCN)C(=O)C[C@@H](Cc1c[nH]c3ccccc13)C(=O)C2. The molecule has 30 heteroatoms. The van der Waals surface area contributed by atoms with Crippen molar-refractivity contribution in [2.24, 2.45) is 35.1 Å². The van der Waals surface area contributed by atoms with Gasteiger partial charge in [-0.25, -0.2) is 9.97 Å². The number of nitrogens with zero attached hydrogens (tertiary/aromatic N) is 2. The highest BCUT2D eigenvalue weighted by atomic mass is 33.1. The zero-order chi connectivity index (χ0) is 76.6. The maximum Gasteiger partial charge on any atom is 0.244 e. The molecule has 2 aliphatic heterocycles. The van der Waals surface area contributed by atoms with Gasteiger partial charge in [-0.1, -0.05) is 126 Å². The Morgan fingerprint density at radius 3 is 1.43 bits per heavy atom. The maximum atomic E-state index is 15.6. The van der Waals surface area contributed by atoms with Crippen LogP contribution in [-0.4, -0.2) is 173 Å². The number of rotatable bonds is 18. The van der Waals surface area contributed by atoms with Gasteiger partial charge in [0, 0.05) is 134 Å². The Morgan fingerprint density at radius 2 is 0.852 bits per heavy atom. The van der Waals surface area contributed by atoms with Gasteiger partial charge in [-0.05, 0) is 86.5 Å². The van der Waals surface area contributed by atoms with E-state index in [0.29, 0.717) is 44.5 Å². The summed E-state index contributed by atoms with van der Waals surface area (Å²) in [4.78, 5) is 202. The van der Waals surface area contributed by atoms with Gasteiger partial charge < -0.3 is 73.9 Å². The lowest BCUT2D eigenvalue weighted by molar-refractivity contribution is -0.136. The molecule has 4 aromatic heterocycles. The molecule has 2 fully saturated rings. The van der Waals surface area contributed by atoms with Gasteiger partial charge in [0.2, 0.25) is 47.3 Å². The fraction of sp³-hybridized carbons (Fsp3) is 0.410. The van der Waals surface area contributed by atoms with Crippen LogP contribution in [0.15, 0.2) is 147 Å². The van der Waals surface area contributed by atoms with E-state index in [1.165, 1.54) is 25.8 Å². The summed E-state index contributed by atoms with van der Waals surface area (Å²) < 4.78 is 0. The molecule has 12 atom stereocenters. The molecule has 8 amide bonds. The number of H-pyrrole nitrogens is 4. The van der Waals surface area contributed by atoms with Gasteiger partial charge >= 0.3 is 0 Å². The van der Waals surface area contributed by atoms with Crippen LogP contribution >= 0.6 is 21.6 Å². The number of hydrogen-bond donors (Lipinski definition) is 14. The number of ketones is 4. The van der Waals surface area contributed by atoms with E-state index < -0.39 is 168 Å². The molecule has 8 aromatic rings. The second-order valence-electron chi connectivity index (χ2n) is 27.8. The highest BCUT2D eigenvalue weighted by molar-refractivity contribution is 8.76. The van der Waals surface area contributed by atoms with Crippen LogP contribution in [0.5, 0.6) is 0 Å². The zero-order valence-electron chi connectivity index (χ0n) is 60.3. The minimum absolute atomic E-state index is 0.00201. The number of imidazole rings is 2. The Hall–Kier alpha value is -10.6. The van der Waals surface area contributed by atoms with E-state index in [9.17, 15) is 19.2 Å². The third-order valence-electron chi connectivity index (χ3n) is 19.7. The van der Waals surface area contributed by atoms with Crippen LogP contribution < -0.4 is 54.0 Å². The van der Waals surface area contributed by atoms with Crippen molar-refractivity contribution in [1.29, 1.82) is 0 Å². The number of benzene rings is 4. The first-order valence-electron chi connectivity index (χ1n) is 36.5. The molecule has 0 saturated carbocycles. The molecule has 0 radical (unpaired) electrons. The van der Waals surface area contributed by atoms with Gasteiger partial charge in [-0.3, -0.25) is 57.5 Å². The predicted octanol–water partition coefficient (Wildman–Crippen LogP) is 3.96. The van der Waals surface area contributed by atoms with Crippen molar-refractivity contribution >= 4 is 114 Å². The van der Waals surface area contributed by atoms with Gasteiger partial charge in [0.05, 0.1) is 36.0 Å². The van der Waals surface area contributed by atoms with Crippen molar-refractivity contribution in [1.82, 2.24) is 72.4 Å². The molecule has 10 rings (SSSR count). The Morgan fingerprint density at radius 1 is 0.389 bits per heavy atom. The van der Waals surface area contributed by atoms with Crippen molar-refractivity contribution in [3.05, 3.63) is 180 Å². The lowest BCUT2D eigenvalue weighted by atomic mass is 9.82. The summed E-state index contributed by atoms with van der Waals surface area (Å²) in [5.74, 6) is -13.5. The van der Waals surface area contributed by atoms with E-state index in [1.54, 1.807) is 92.2 Å². The van der Waals surface area contributed by atoms with Crippen LogP contribution in [0.25, 0.3) is 21.8 Å². The van der Waals surface area contributed by atoms with E-state index in [-0.39, 0.29) is 88.8 Å². The fourth-order valence-corrected chi connectivity index (χ4v) is 16.0. The van der Waals surface area contributed by atoms with E-state index in [1.807, 2.05) is 42.5 Å². The van der Waals surface area contributed by atoms with Gasteiger partial charge in [0.15, 0.2) is 5.78 Å². The Bertz CT molecular complexity index is 4140. The third kappa shape index (κ3) is 22.5. The minimum atomic E-state index is -1.55. The number of carbonyl (C=O) groups excluding carboxylic acids is 12. The van der Waals surface area contributed by atoms with Crippen molar-refractivity contribution in [2.45, 2.75) is 152 Å². The molecular weight excluding hydrogens is 1420 g/mol. The first-order valence-corrected chi connectivity index (χ1v) is 39.0. The molecule has 0 unspecified atom stereocenters. The molecular formula is C78H94N16O12S2. The maximum absolute atomic E-state index is 15.6. The Labute approximate surface area is 632 Å². The minimum Gasteiger partial charge on any atom is -0.361 e. The molecule has 6 heterocycles. The molecule has 0 aliphatic carbocycles. The van der Waals surface area contributed by atoms with E-state index >= 15 is 38.4 Å². The molecule has 4 aromatic carbocycles.